The molecule has 2 saturated heterocycles. The molecule has 3 aliphatic rings. The molecule has 0 bridgehead atoms. The first-order chi connectivity index (χ1) is 18.9. The van der Waals surface area contributed by atoms with Gasteiger partial charge >= 0.3 is 0 Å². The molecule has 5 rings (SSSR count). The van der Waals surface area contributed by atoms with Crippen molar-refractivity contribution in [2.24, 2.45) is 5.92 Å². The summed E-state index contributed by atoms with van der Waals surface area (Å²) in [4.78, 5) is 22.7. The predicted molar refractivity (Wildman–Crippen MR) is 165 cm³/mol. The minimum atomic E-state index is -2.88. The molecule has 2 aromatic heterocycles. The van der Waals surface area contributed by atoms with E-state index < -0.39 is 50.1 Å². The minimum absolute atomic E-state index is 0.0167. The number of aromatic nitrogens is 4. The summed E-state index contributed by atoms with van der Waals surface area (Å²) < 4.78 is 27.3. The standard InChI is InChI=1S/C26H41N4O7PS2Si/c1-14(2)15-9-10-26(6)17(11-15)36-38(39,40-26)37-20-16(12-34-41(7,8)25(3,4)5)35-23(19(20)31)30-13-27-18-21(30)28-24(33)29-22(18)32/h13,15-17,19-20,23,31H,1,9-12H2,2-8H3,(H2,28,29,32,33)/t15-,16+,17+,19+,20+,23+,26+,38?/m0/s1. The van der Waals surface area contributed by atoms with E-state index in [0.717, 1.165) is 24.8 Å². The number of imidazole rings is 1. The summed E-state index contributed by atoms with van der Waals surface area (Å²) in [5.74, 6) is 0.382. The maximum Gasteiger partial charge on any atom is 0.296 e. The highest BCUT2D eigenvalue weighted by Gasteiger charge is 2.57. The Morgan fingerprint density at radius 2 is 2.15 bits per heavy atom. The maximum absolute atomic E-state index is 12.3. The molecule has 0 amide bonds. The highest BCUT2D eigenvalue weighted by atomic mass is 32.9. The van der Waals surface area contributed by atoms with Gasteiger partial charge in [0.05, 0.1) is 19.0 Å². The third kappa shape index (κ3) is 5.88. The van der Waals surface area contributed by atoms with Crippen LogP contribution < -0.4 is 5.56 Å². The van der Waals surface area contributed by atoms with Crippen LogP contribution in [0.15, 0.2) is 23.3 Å². The zero-order chi connectivity index (χ0) is 30.1. The molecule has 2 aliphatic heterocycles. The number of ether oxygens (including phenoxy) is 1. The summed E-state index contributed by atoms with van der Waals surface area (Å²) in [6, 6.07) is -0.558. The number of nitrogens with zero attached hydrogens (tertiary/aromatic N) is 3. The van der Waals surface area contributed by atoms with E-state index in [2.05, 4.69) is 69.2 Å². The SMILES string of the molecule is C=C(C)[C@H]1CC[C@@]2(C)SP(=S)(O[C@H]3[C@@H](O)[C@H](n4cnc5c(=O)[nH]c(O)nc54)O[C@@H]3CO[Si](C)(C)C(C)(C)C)O[C@@H]2C1. The van der Waals surface area contributed by atoms with Gasteiger partial charge in [0.1, 0.15) is 18.3 Å². The molecule has 1 saturated carbocycles. The Labute approximate surface area is 250 Å². The number of allylic oxidation sites excluding steroid dienone is 1. The van der Waals surface area contributed by atoms with Gasteiger partial charge in [-0.15, -0.1) is 0 Å². The molecule has 11 nitrogen and oxygen atoms in total. The van der Waals surface area contributed by atoms with Crippen LogP contribution in [-0.2, 0) is 30.0 Å². The number of aromatic hydroxyl groups is 1. The smallest absolute Gasteiger partial charge is 0.296 e. The maximum atomic E-state index is 12.3. The Hall–Kier alpha value is -1.09. The lowest BCUT2D eigenvalue weighted by Crippen LogP contribution is -2.45. The second-order valence-corrected chi connectivity index (χ2v) is 24.5. The van der Waals surface area contributed by atoms with Crippen molar-refractivity contribution >= 4 is 48.4 Å². The van der Waals surface area contributed by atoms with Gasteiger partial charge in [-0.25, -0.2) is 4.98 Å². The molecule has 3 N–H and O–H groups in total. The van der Waals surface area contributed by atoms with Crippen LogP contribution in [0.25, 0.3) is 11.2 Å². The fourth-order valence-electron chi connectivity index (χ4n) is 5.40. The van der Waals surface area contributed by atoms with Crippen molar-refractivity contribution < 1.29 is 28.4 Å². The Morgan fingerprint density at radius 1 is 1.44 bits per heavy atom. The van der Waals surface area contributed by atoms with E-state index >= 15 is 0 Å². The molecule has 41 heavy (non-hydrogen) atoms. The number of fused-ring (bicyclic) bond motifs is 2. The van der Waals surface area contributed by atoms with Gasteiger partial charge in [0.25, 0.3) is 11.6 Å². The monoisotopic (exact) mass is 644 g/mol. The van der Waals surface area contributed by atoms with Crippen molar-refractivity contribution in [2.75, 3.05) is 6.61 Å². The van der Waals surface area contributed by atoms with E-state index in [1.54, 1.807) is 11.4 Å². The van der Waals surface area contributed by atoms with Gasteiger partial charge in [-0.1, -0.05) is 44.3 Å². The molecular formula is C26H41N4O7PS2Si. The van der Waals surface area contributed by atoms with Crippen LogP contribution in [0.1, 0.15) is 60.1 Å². The number of aliphatic hydroxyl groups is 1. The van der Waals surface area contributed by atoms with E-state index in [1.165, 1.54) is 10.9 Å². The third-order valence-corrected chi connectivity index (χ3v) is 19.4. The molecule has 2 aromatic rings. The van der Waals surface area contributed by atoms with Gasteiger partial charge in [0, 0.05) is 4.75 Å². The second kappa shape index (κ2) is 10.8. The molecule has 1 unspecified atom stereocenters. The van der Waals surface area contributed by atoms with Gasteiger partial charge < -0.3 is 28.4 Å². The fraction of sp³-hybridized carbons (Fsp3) is 0.731. The number of rotatable bonds is 7. The molecule has 3 fully saturated rings. The number of H-pyrrole nitrogens is 1. The predicted octanol–water partition coefficient (Wildman–Crippen LogP) is 4.98. The van der Waals surface area contributed by atoms with E-state index in [9.17, 15) is 15.0 Å². The Bertz CT molecular complexity index is 1450. The van der Waals surface area contributed by atoms with Crippen molar-refractivity contribution in [3.63, 3.8) is 0 Å². The van der Waals surface area contributed by atoms with E-state index in [1.807, 2.05) is 0 Å². The largest absolute Gasteiger partial charge is 0.480 e. The van der Waals surface area contributed by atoms with Crippen LogP contribution in [0.4, 0.5) is 0 Å². The normalized spacial score (nSPS) is 36.1. The zero-order valence-corrected chi connectivity index (χ0v) is 28.1. The number of nitrogens with one attached hydrogen (secondary N) is 1. The topological polar surface area (TPSA) is 141 Å². The average Bonchev–Trinajstić information content (AvgIpc) is 3.47. The molecule has 228 valence electrons. The number of aliphatic hydroxyl groups excluding tert-OH is 1. The summed E-state index contributed by atoms with van der Waals surface area (Å²) >= 11 is 7.65. The first-order valence-electron chi connectivity index (χ1n) is 13.9. The number of hydrogen-bond acceptors (Lipinski definition) is 11. The molecule has 1 aliphatic carbocycles. The van der Waals surface area contributed by atoms with Gasteiger partial charge in [-0.2, -0.15) is 4.98 Å². The van der Waals surface area contributed by atoms with Gasteiger partial charge in [-0.3, -0.25) is 14.3 Å². The van der Waals surface area contributed by atoms with Crippen LogP contribution in [0, 0.1) is 5.92 Å². The minimum Gasteiger partial charge on any atom is -0.480 e. The molecule has 8 atom stereocenters. The van der Waals surface area contributed by atoms with Crippen LogP contribution in [0.2, 0.25) is 18.1 Å². The zero-order valence-electron chi connectivity index (χ0n) is 24.6. The molecule has 4 heterocycles. The van der Waals surface area contributed by atoms with Crippen molar-refractivity contribution in [1.82, 2.24) is 19.5 Å². The van der Waals surface area contributed by atoms with Gasteiger partial charge in [0.15, 0.2) is 25.7 Å². The lowest BCUT2D eigenvalue weighted by Gasteiger charge is -2.37. The first kappa shape index (κ1) is 31.3. The average molecular weight is 645 g/mol. The van der Waals surface area contributed by atoms with E-state index in [-0.39, 0.29) is 33.7 Å². The molecular weight excluding hydrogens is 604 g/mol. The van der Waals surface area contributed by atoms with Crippen LogP contribution >= 0.6 is 17.1 Å². The Morgan fingerprint density at radius 3 is 2.80 bits per heavy atom. The molecule has 0 aromatic carbocycles. The first-order valence-corrected chi connectivity index (χ1v) is 20.9. The summed E-state index contributed by atoms with van der Waals surface area (Å²) in [6.45, 7) is 19.3. The molecule has 0 spiro atoms. The second-order valence-electron chi connectivity index (χ2n) is 13.2. The summed E-state index contributed by atoms with van der Waals surface area (Å²) in [5.41, 5.74) is -2.23. The van der Waals surface area contributed by atoms with Gasteiger partial charge in [0.2, 0.25) is 5.69 Å². The van der Waals surface area contributed by atoms with Crippen molar-refractivity contribution in [2.45, 2.75) is 107 Å². The molecule has 0 radical (unpaired) electrons. The van der Waals surface area contributed by atoms with E-state index in [0.29, 0.717) is 5.92 Å². The number of aromatic amines is 1. The molecule has 15 heteroatoms. The van der Waals surface area contributed by atoms with Gasteiger partial charge in [-0.05, 0) is 69.0 Å². The van der Waals surface area contributed by atoms with Crippen LogP contribution in [-0.4, -0.2) is 73.8 Å². The van der Waals surface area contributed by atoms with Crippen molar-refractivity contribution in [3.8, 4) is 6.01 Å². The number of hydrogen-bond donors (Lipinski definition) is 3. The Balaban J connectivity index is 1.44. The summed E-state index contributed by atoms with van der Waals surface area (Å²) in [6.07, 6.45) is 0.353. The summed E-state index contributed by atoms with van der Waals surface area (Å²) in [7, 11) is -2.18. The lowest BCUT2D eigenvalue weighted by molar-refractivity contribution is -0.0486. The van der Waals surface area contributed by atoms with Crippen LogP contribution in [0.5, 0.6) is 6.01 Å². The fourth-order valence-corrected chi connectivity index (χ4v) is 14.0. The quantitative estimate of drug-likeness (QED) is 0.213. The van der Waals surface area contributed by atoms with Crippen LogP contribution in [0.3, 0.4) is 0 Å². The highest BCUT2D eigenvalue weighted by molar-refractivity contribution is 8.68. The van der Waals surface area contributed by atoms with E-state index in [4.69, 9.17) is 30.0 Å². The summed E-state index contributed by atoms with van der Waals surface area (Å²) in [5, 5.41) is 21.6. The highest BCUT2D eigenvalue weighted by Crippen LogP contribution is 2.76. The lowest BCUT2D eigenvalue weighted by atomic mass is 9.77. The van der Waals surface area contributed by atoms with Crippen molar-refractivity contribution in [1.29, 1.82) is 0 Å². The van der Waals surface area contributed by atoms with Crippen molar-refractivity contribution in [3.05, 3.63) is 28.8 Å². The third-order valence-electron chi connectivity index (χ3n) is 9.11. The Kier molecular flexibility index (Phi) is 8.26.